The lowest BCUT2D eigenvalue weighted by Gasteiger charge is -2.34. The van der Waals surface area contributed by atoms with Gasteiger partial charge in [-0.1, -0.05) is 18.5 Å². The zero-order chi connectivity index (χ0) is 12.3. The molecule has 1 saturated heterocycles. The predicted molar refractivity (Wildman–Crippen MR) is 83.1 cm³/mol. The topological polar surface area (TPSA) is 15.3 Å². The highest BCUT2D eigenvalue weighted by Gasteiger charge is 2.19. The minimum Gasteiger partial charge on any atom is -0.370 e. The molecule has 1 aromatic carbocycles. The molecule has 1 fully saturated rings. The number of hydrogen-bond donors (Lipinski definition) is 1. The van der Waals surface area contributed by atoms with E-state index in [9.17, 15) is 0 Å². The van der Waals surface area contributed by atoms with Gasteiger partial charge in [-0.25, -0.2) is 0 Å². The van der Waals surface area contributed by atoms with Gasteiger partial charge in [0, 0.05) is 22.7 Å². The highest BCUT2D eigenvalue weighted by molar-refractivity contribution is 14.1. The van der Waals surface area contributed by atoms with Gasteiger partial charge >= 0.3 is 0 Å². The number of nitrogens with one attached hydrogen (secondary N) is 1. The summed E-state index contributed by atoms with van der Waals surface area (Å²) in [4.78, 5) is 2.40. The van der Waals surface area contributed by atoms with Crippen molar-refractivity contribution < 1.29 is 0 Å². The normalized spacial score (nSPS) is 17.5. The molecule has 0 saturated carbocycles. The fourth-order valence-corrected chi connectivity index (χ4v) is 3.33. The van der Waals surface area contributed by atoms with E-state index in [1.54, 1.807) is 0 Å². The molecule has 1 heterocycles. The van der Waals surface area contributed by atoms with Crippen LogP contribution in [0.4, 0.5) is 5.69 Å². The van der Waals surface area contributed by atoms with Crippen molar-refractivity contribution in [3.63, 3.8) is 0 Å². The first-order valence-electron chi connectivity index (χ1n) is 6.14. The van der Waals surface area contributed by atoms with E-state index in [1.165, 1.54) is 22.1 Å². The van der Waals surface area contributed by atoms with Crippen molar-refractivity contribution >= 4 is 39.9 Å². The highest BCUT2D eigenvalue weighted by atomic mass is 127. The van der Waals surface area contributed by atoms with Crippen LogP contribution < -0.4 is 10.2 Å². The second-order valence-corrected chi connectivity index (χ2v) is 6.07. The number of anilines is 1. The molecule has 0 radical (unpaired) electrons. The Hall–Kier alpha value is -0.0000000000000000555. The van der Waals surface area contributed by atoms with Crippen LogP contribution in [0.1, 0.15) is 19.8 Å². The Morgan fingerprint density at radius 1 is 1.41 bits per heavy atom. The SMILES string of the molecule is CCNC1CCN(c2ccc(I)cc2Cl)CC1. The fourth-order valence-electron chi connectivity index (χ4n) is 2.35. The molecule has 1 aromatic rings. The van der Waals surface area contributed by atoms with Gasteiger partial charge in [-0.15, -0.1) is 0 Å². The lowest BCUT2D eigenvalue weighted by Crippen LogP contribution is -2.42. The molecule has 0 amide bonds. The average Bonchev–Trinajstić information content (AvgIpc) is 2.31. The molecular formula is C13H18ClIN2. The number of nitrogens with zero attached hydrogens (tertiary/aromatic N) is 1. The summed E-state index contributed by atoms with van der Waals surface area (Å²) < 4.78 is 1.19. The zero-order valence-corrected chi connectivity index (χ0v) is 13.0. The average molecular weight is 365 g/mol. The first-order valence-corrected chi connectivity index (χ1v) is 7.59. The van der Waals surface area contributed by atoms with Gasteiger partial charge in [-0.2, -0.15) is 0 Å². The smallest absolute Gasteiger partial charge is 0.0650 e. The molecule has 1 aliphatic rings. The first-order chi connectivity index (χ1) is 8.20. The second-order valence-electron chi connectivity index (χ2n) is 4.41. The summed E-state index contributed by atoms with van der Waals surface area (Å²) in [6.45, 7) is 5.42. The van der Waals surface area contributed by atoms with E-state index in [4.69, 9.17) is 11.6 Å². The number of halogens is 2. The molecule has 2 nitrogen and oxygen atoms in total. The minimum atomic E-state index is 0.680. The van der Waals surface area contributed by atoms with Crippen LogP contribution in [0, 0.1) is 3.57 Å². The van der Waals surface area contributed by atoms with E-state index >= 15 is 0 Å². The molecule has 0 atom stereocenters. The van der Waals surface area contributed by atoms with Gasteiger partial charge < -0.3 is 10.2 Å². The van der Waals surface area contributed by atoms with E-state index in [1.807, 2.05) is 6.07 Å². The van der Waals surface area contributed by atoms with Crippen LogP contribution in [-0.2, 0) is 0 Å². The molecule has 0 aliphatic carbocycles. The third kappa shape index (κ3) is 3.48. The summed E-state index contributed by atoms with van der Waals surface area (Å²) in [5.74, 6) is 0. The van der Waals surface area contributed by atoms with Gasteiger partial charge in [-0.05, 0) is 60.2 Å². The van der Waals surface area contributed by atoms with E-state index in [2.05, 4.69) is 51.9 Å². The number of piperidine rings is 1. The standard InChI is InChI=1S/C13H18ClIN2/c1-2-16-11-5-7-17(8-6-11)13-4-3-10(15)9-12(13)14/h3-4,9,11,16H,2,5-8H2,1H3. The summed E-state index contributed by atoms with van der Waals surface area (Å²) in [7, 11) is 0. The van der Waals surface area contributed by atoms with Crippen LogP contribution >= 0.6 is 34.2 Å². The molecular weight excluding hydrogens is 347 g/mol. The number of rotatable bonds is 3. The Labute approximate surface area is 122 Å². The van der Waals surface area contributed by atoms with Crippen molar-refractivity contribution in [2.75, 3.05) is 24.5 Å². The predicted octanol–water partition coefficient (Wildman–Crippen LogP) is 3.52. The molecule has 2 rings (SSSR count). The fraction of sp³-hybridized carbons (Fsp3) is 0.538. The molecule has 0 spiro atoms. The number of benzene rings is 1. The Morgan fingerprint density at radius 2 is 2.12 bits per heavy atom. The maximum Gasteiger partial charge on any atom is 0.0650 e. The van der Waals surface area contributed by atoms with Gasteiger partial charge in [-0.3, -0.25) is 0 Å². The van der Waals surface area contributed by atoms with E-state index in [0.717, 1.165) is 24.7 Å². The summed E-state index contributed by atoms with van der Waals surface area (Å²) in [6, 6.07) is 6.97. The summed E-state index contributed by atoms with van der Waals surface area (Å²) in [5.41, 5.74) is 1.18. The van der Waals surface area contributed by atoms with E-state index in [0.29, 0.717) is 6.04 Å². The third-order valence-electron chi connectivity index (χ3n) is 3.24. The molecule has 4 heteroatoms. The van der Waals surface area contributed by atoms with Crippen LogP contribution in [0.25, 0.3) is 0 Å². The van der Waals surface area contributed by atoms with Gasteiger partial charge in [0.2, 0.25) is 0 Å². The number of hydrogen-bond acceptors (Lipinski definition) is 2. The summed E-state index contributed by atoms with van der Waals surface area (Å²) >= 11 is 8.59. The van der Waals surface area contributed by atoms with Crippen molar-refractivity contribution in [3.05, 3.63) is 26.8 Å². The Bertz CT molecular complexity index is 376. The second kappa shape index (κ2) is 6.25. The van der Waals surface area contributed by atoms with Crippen LogP contribution in [0.2, 0.25) is 5.02 Å². The van der Waals surface area contributed by atoms with Crippen molar-refractivity contribution in [3.8, 4) is 0 Å². The molecule has 0 bridgehead atoms. The quantitative estimate of drug-likeness (QED) is 0.826. The minimum absolute atomic E-state index is 0.680. The maximum atomic E-state index is 6.30. The molecule has 0 unspecified atom stereocenters. The van der Waals surface area contributed by atoms with Crippen LogP contribution in [0.5, 0.6) is 0 Å². The van der Waals surface area contributed by atoms with Gasteiger partial charge in [0.25, 0.3) is 0 Å². The Balaban J connectivity index is 2.00. The highest BCUT2D eigenvalue weighted by Crippen LogP contribution is 2.29. The molecule has 0 aromatic heterocycles. The van der Waals surface area contributed by atoms with Gasteiger partial charge in [0.05, 0.1) is 10.7 Å². The maximum absolute atomic E-state index is 6.30. The summed E-state index contributed by atoms with van der Waals surface area (Å²) in [6.07, 6.45) is 2.41. The zero-order valence-electron chi connectivity index (χ0n) is 10.0. The monoisotopic (exact) mass is 364 g/mol. The van der Waals surface area contributed by atoms with Gasteiger partial charge in [0.15, 0.2) is 0 Å². The Morgan fingerprint density at radius 3 is 2.71 bits per heavy atom. The van der Waals surface area contributed by atoms with Crippen LogP contribution in [0.3, 0.4) is 0 Å². The van der Waals surface area contributed by atoms with E-state index < -0.39 is 0 Å². The first kappa shape index (κ1) is 13.4. The van der Waals surface area contributed by atoms with Crippen LogP contribution in [0.15, 0.2) is 18.2 Å². The van der Waals surface area contributed by atoms with Crippen molar-refractivity contribution in [1.29, 1.82) is 0 Å². The van der Waals surface area contributed by atoms with Crippen molar-refractivity contribution in [2.24, 2.45) is 0 Å². The molecule has 1 N–H and O–H groups in total. The van der Waals surface area contributed by atoms with Gasteiger partial charge in [0.1, 0.15) is 0 Å². The lowest BCUT2D eigenvalue weighted by molar-refractivity contribution is 0.424. The largest absolute Gasteiger partial charge is 0.370 e. The molecule has 1 aliphatic heterocycles. The van der Waals surface area contributed by atoms with Crippen LogP contribution in [-0.4, -0.2) is 25.7 Å². The van der Waals surface area contributed by atoms with E-state index in [-0.39, 0.29) is 0 Å². The lowest BCUT2D eigenvalue weighted by atomic mass is 10.0. The third-order valence-corrected chi connectivity index (χ3v) is 4.21. The Kier molecular flexibility index (Phi) is 4.94. The van der Waals surface area contributed by atoms with Crippen molar-refractivity contribution in [2.45, 2.75) is 25.8 Å². The molecule has 94 valence electrons. The van der Waals surface area contributed by atoms with Crippen molar-refractivity contribution in [1.82, 2.24) is 5.32 Å². The summed E-state index contributed by atoms with van der Waals surface area (Å²) in [5, 5.41) is 4.39. The molecule has 17 heavy (non-hydrogen) atoms.